The molecule has 0 N–H and O–H groups in total. The van der Waals surface area contributed by atoms with E-state index in [1.807, 2.05) is 0 Å². The van der Waals surface area contributed by atoms with Crippen molar-refractivity contribution in [1.29, 1.82) is 0 Å². The summed E-state index contributed by atoms with van der Waals surface area (Å²) < 4.78 is 7.38. The predicted octanol–water partition coefficient (Wildman–Crippen LogP) is 5.89. The zero-order valence-corrected chi connectivity index (χ0v) is 22.6. The van der Waals surface area contributed by atoms with Crippen LogP contribution in [-0.2, 0) is 9.53 Å². The van der Waals surface area contributed by atoms with Crippen molar-refractivity contribution in [3.63, 3.8) is 0 Å². The van der Waals surface area contributed by atoms with E-state index in [9.17, 15) is 9.90 Å². The van der Waals surface area contributed by atoms with Gasteiger partial charge < -0.3 is 19.1 Å². The number of carbonyl (C=O) groups excluding carboxylic acids is 1. The van der Waals surface area contributed by atoms with Crippen molar-refractivity contribution < 1.29 is 19.1 Å². The molecule has 2 unspecified atom stereocenters. The number of hydrogen-bond donors (Lipinski definition) is 0. The number of nitrogens with zero attached hydrogens (tertiary/aromatic N) is 1. The van der Waals surface area contributed by atoms with Crippen molar-refractivity contribution in [2.24, 2.45) is 0 Å². The molecule has 0 amide bonds. The van der Waals surface area contributed by atoms with Crippen LogP contribution in [-0.4, -0.2) is 54.8 Å². The summed E-state index contributed by atoms with van der Waals surface area (Å²) in [5.41, 5.74) is 0. The standard InChI is InChI=1S/C25H50INO3/c1-5-6-7-8-9-12-15-18-23(26)19-16-13-10-11-14-17-20-30-24(21-25(28)29)22-27(2,3)4/h23-24H,5-22H2,1-4H3. The van der Waals surface area contributed by atoms with Crippen LogP contribution in [0, 0.1) is 0 Å². The third-order valence-corrected chi connectivity index (χ3v) is 6.78. The van der Waals surface area contributed by atoms with Crippen LogP contribution in [0.5, 0.6) is 0 Å². The number of rotatable bonds is 22. The lowest BCUT2D eigenvalue weighted by atomic mass is 10.0. The molecule has 0 radical (unpaired) electrons. The molecule has 0 bridgehead atoms. The summed E-state index contributed by atoms with van der Waals surface area (Å²) in [6.45, 7) is 3.64. The molecule has 2 atom stereocenters. The lowest BCUT2D eigenvalue weighted by Crippen LogP contribution is -2.44. The number of carboxylic acid groups (broad SMARTS) is 1. The number of aliphatic carboxylic acids is 1. The van der Waals surface area contributed by atoms with Gasteiger partial charge in [0.1, 0.15) is 12.6 Å². The largest absolute Gasteiger partial charge is 0.550 e. The second-order valence-electron chi connectivity index (χ2n) is 9.96. The molecule has 0 rings (SSSR count). The van der Waals surface area contributed by atoms with Gasteiger partial charge in [-0.1, -0.05) is 107 Å². The molecule has 0 aromatic heterocycles. The van der Waals surface area contributed by atoms with E-state index in [0.29, 0.717) is 17.6 Å². The van der Waals surface area contributed by atoms with E-state index in [2.05, 4.69) is 50.7 Å². The average Bonchev–Trinajstić information content (AvgIpc) is 2.64. The van der Waals surface area contributed by atoms with Gasteiger partial charge in [0.15, 0.2) is 0 Å². The van der Waals surface area contributed by atoms with Crippen LogP contribution in [0.3, 0.4) is 0 Å². The van der Waals surface area contributed by atoms with Crippen LogP contribution in [0.4, 0.5) is 0 Å². The van der Waals surface area contributed by atoms with Crippen molar-refractivity contribution in [3.8, 4) is 0 Å². The first-order valence-corrected chi connectivity index (χ1v) is 13.7. The molecular weight excluding hydrogens is 489 g/mol. The number of halogens is 1. The van der Waals surface area contributed by atoms with E-state index in [-0.39, 0.29) is 12.5 Å². The van der Waals surface area contributed by atoms with Crippen LogP contribution in [0.25, 0.3) is 0 Å². The Balaban J connectivity index is 3.52. The maximum atomic E-state index is 10.9. The normalized spacial score (nSPS) is 14.0. The highest BCUT2D eigenvalue weighted by Crippen LogP contribution is 2.20. The van der Waals surface area contributed by atoms with E-state index in [0.717, 1.165) is 10.3 Å². The fourth-order valence-corrected chi connectivity index (χ4v) is 4.75. The number of alkyl halides is 1. The zero-order chi connectivity index (χ0) is 22.7. The Morgan fingerprint density at radius 2 is 1.30 bits per heavy atom. The summed E-state index contributed by atoms with van der Waals surface area (Å²) in [4.78, 5) is 10.9. The minimum Gasteiger partial charge on any atom is -0.550 e. The summed E-state index contributed by atoms with van der Waals surface area (Å²) in [6.07, 6.45) is 19.8. The third kappa shape index (κ3) is 22.8. The topological polar surface area (TPSA) is 49.4 Å². The smallest absolute Gasteiger partial charge is 0.112 e. The minimum absolute atomic E-state index is 0.00809. The fraction of sp³-hybridized carbons (Fsp3) is 0.960. The van der Waals surface area contributed by atoms with Crippen molar-refractivity contribution in [1.82, 2.24) is 0 Å². The van der Waals surface area contributed by atoms with Gasteiger partial charge in [0.25, 0.3) is 0 Å². The van der Waals surface area contributed by atoms with E-state index in [1.165, 1.54) is 89.9 Å². The summed E-state index contributed by atoms with van der Waals surface area (Å²) >= 11 is 2.65. The van der Waals surface area contributed by atoms with Gasteiger partial charge in [-0.25, -0.2) is 0 Å². The lowest BCUT2D eigenvalue weighted by Gasteiger charge is -2.29. The molecule has 0 aliphatic heterocycles. The first-order valence-electron chi connectivity index (χ1n) is 12.5. The molecule has 0 saturated heterocycles. The lowest BCUT2D eigenvalue weighted by molar-refractivity contribution is -0.873. The number of likely N-dealkylation sites (N-methyl/N-ethyl adjacent to an activating group) is 1. The minimum atomic E-state index is -1.02. The number of carboxylic acids is 1. The summed E-state index contributed by atoms with van der Waals surface area (Å²) in [7, 11) is 6.17. The van der Waals surface area contributed by atoms with Gasteiger partial charge >= 0.3 is 0 Å². The van der Waals surface area contributed by atoms with Crippen molar-refractivity contribution in [3.05, 3.63) is 0 Å². The van der Waals surface area contributed by atoms with Crippen LogP contribution in [0.15, 0.2) is 0 Å². The van der Waals surface area contributed by atoms with Crippen molar-refractivity contribution in [2.75, 3.05) is 34.3 Å². The van der Waals surface area contributed by atoms with Gasteiger partial charge in [-0.05, 0) is 19.3 Å². The highest BCUT2D eigenvalue weighted by atomic mass is 127. The van der Waals surface area contributed by atoms with Gasteiger partial charge in [-0.2, -0.15) is 0 Å². The molecular formula is C25H50INO3. The number of unbranched alkanes of at least 4 members (excludes halogenated alkanes) is 11. The summed E-state index contributed by atoms with van der Waals surface area (Å²) in [5, 5.41) is 10.9. The monoisotopic (exact) mass is 539 g/mol. The quantitative estimate of drug-likeness (QED) is 0.0746. The molecule has 0 aromatic carbocycles. The molecule has 0 spiro atoms. The SMILES string of the molecule is CCCCCCCCCC(I)CCCCCCCCOC(CC(=O)[O-])C[N+](C)(C)C. The zero-order valence-electron chi connectivity index (χ0n) is 20.4. The maximum absolute atomic E-state index is 10.9. The number of hydrogen-bond acceptors (Lipinski definition) is 3. The predicted molar refractivity (Wildman–Crippen MR) is 135 cm³/mol. The van der Waals surface area contributed by atoms with Gasteiger partial charge in [-0.3, -0.25) is 0 Å². The molecule has 30 heavy (non-hydrogen) atoms. The second kappa shape index (κ2) is 19.8. The van der Waals surface area contributed by atoms with E-state index in [4.69, 9.17) is 4.74 Å². The summed E-state index contributed by atoms with van der Waals surface area (Å²) in [5.74, 6) is -1.02. The Morgan fingerprint density at radius 3 is 1.77 bits per heavy atom. The number of quaternary nitrogens is 1. The Kier molecular flexibility index (Phi) is 19.9. The number of carbonyl (C=O) groups is 1. The second-order valence-corrected chi connectivity index (χ2v) is 11.7. The van der Waals surface area contributed by atoms with E-state index in [1.54, 1.807) is 0 Å². The Labute approximate surface area is 201 Å². The van der Waals surface area contributed by atoms with Gasteiger partial charge in [0.2, 0.25) is 0 Å². The third-order valence-electron chi connectivity index (χ3n) is 5.53. The van der Waals surface area contributed by atoms with Gasteiger partial charge in [-0.15, -0.1) is 0 Å². The van der Waals surface area contributed by atoms with Crippen LogP contribution < -0.4 is 5.11 Å². The number of ether oxygens (including phenoxy) is 1. The molecule has 0 aliphatic rings. The first kappa shape index (κ1) is 30.1. The van der Waals surface area contributed by atoms with Crippen LogP contribution in [0.1, 0.15) is 110 Å². The molecule has 0 aromatic rings. The molecule has 4 nitrogen and oxygen atoms in total. The highest BCUT2D eigenvalue weighted by molar-refractivity contribution is 14.1. The first-order chi connectivity index (χ1) is 14.2. The summed E-state index contributed by atoms with van der Waals surface area (Å²) in [6, 6.07) is 0. The molecule has 0 aliphatic carbocycles. The Bertz CT molecular complexity index is 398. The van der Waals surface area contributed by atoms with Crippen LogP contribution >= 0.6 is 22.6 Å². The molecule has 0 fully saturated rings. The van der Waals surface area contributed by atoms with Gasteiger partial charge in [0.05, 0.1) is 21.1 Å². The van der Waals surface area contributed by atoms with Crippen LogP contribution in [0.2, 0.25) is 0 Å². The van der Waals surface area contributed by atoms with E-state index >= 15 is 0 Å². The molecule has 0 saturated carbocycles. The highest BCUT2D eigenvalue weighted by Gasteiger charge is 2.18. The molecule has 180 valence electrons. The maximum Gasteiger partial charge on any atom is 0.112 e. The average molecular weight is 540 g/mol. The van der Waals surface area contributed by atoms with Gasteiger partial charge in [0, 0.05) is 22.9 Å². The Hall–Kier alpha value is 0.120. The van der Waals surface area contributed by atoms with Crippen molar-refractivity contribution >= 4 is 28.6 Å². The Morgan fingerprint density at radius 1 is 0.833 bits per heavy atom. The van der Waals surface area contributed by atoms with Crippen molar-refractivity contribution in [2.45, 2.75) is 120 Å². The molecule has 0 heterocycles. The van der Waals surface area contributed by atoms with E-state index < -0.39 is 5.97 Å². The fourth-order valence-electron chi connectivity index (χ4n) is 3.87. The molecule has 5 heteroatoms.